The van der Waals surface area contributed by atoms with Gasteiger partial charge in [0.05, 0.1) is 28.5 Å². The summed E-state index contributed by atoms with van der Waals surface area (Å²) in [6.45, 7) is 4.55. The smallest absolute Gasteiger partial charge is 0.272 e. The summed E-state index contributed by atoms with van der Waals surface area (Å²) in [5.74, 6) is 0.682. The van der Waals surface area contributed by atoms with Crippen molar-refractivity contribution in [2.75, 3.05) is 38.2 Å². The van der Waals surface area contributed by atoms with E-state index in [4.69, 9.17) is 27.9 Å². The normalized spacial score (nSPS) is 14.1. The quantitative estimate of drug-likeness (QED) is 0.595. The topological polar surface area (TPSA) is 50.6 Å². The molecule has 3 aromatic rings. The molecule has 0 radical (unpaired) electrons. The second-order valence-electron chi connectivity index (χ2n) is 7.16. The fourth-order valence-corrected chi connectivity index (χ4v) is 3.89. The highest BCUT2D eigenvalue weighted by atomic mass is 35.5. The summed E-state index contributed by atoms with van der Waals surface area (Å²) in [7, 11) is 1.62. The number of ether oxygens (including phenoxy) is 1. The molecule has 6 nitrogen and oxygen atoms in total. The molecule has 8 heteroatoms. The van der Waals surface area contributed by atoms with Gasteiger partial charge in [-0.05, 0) is 43.3 Å². The number of aromatic nitrogens is 2. The number of carbonyl (C=O) groups is 1. The van der Waals surface area contributed by atoms with Crippen molar-refractivity contribution in [3.63, 3.8) is 0 Å². The molecule has 1 aliphatic rings. The average Bonchev–Trinajstić information content (AvgIpc) is 3.17. The Morgan fingerprint density at radius 1 is 0.967 bits per heavy atom. The molecule has 0 unspecified atom stereocenters. The number of carbonyl (C=O) groups excluding carboxylic acids is 1. The summed E-state index contributed by atoms with van der Waals surface area (Å²) in [5, 5.41) is 5.60. The lowest BCUT2D eigenvalue weighted by Gasteiger charge is -2.36. The molecule has 1 aliphatic heterocycles. The van der Waals surface area contributed by atoms with Gasteiger partial charge in [0.2, 0.25) is 0 Å². The van der Waals surface area contributed by atoms with Gasteiger partial charge in [-0.25, -0.2) is 4.68 Å². The second-order valence-corrected chi connectivity index (χ2v) is 7.98. The largest absolute Gasteiger partial charge is 0.497 e. The molecule has 1 fully saturated rings. The number of hydrogen-bond acceptors (Lipinski definition) is 4. The Morgan fingerprint density at radius 2 is 1.73 bits per heavy atom. The van der Waals surface area contributed by atoms with Gasteiger partial charge in [-0.1, -0.05) is 29.3 Å². The van der Waals surface area contributed by atoms with Gasteiger partial charge >= 0.3 is 0 Å². The van der Waals surface area contributed by atoms with E-state index in [0.29, 0.717) is 34.6 Å². The summed E-state index contributed by atoms with van der Waals surface area (Å²) in [5.41, 5.74) is 3.13. The van der Waals surface area contributed by atoms with Crippen LogP contribution < -0.4 is 9.64 Å². The number of rotatable bonds is 4. The maximum absolute atomic E-state index is 13.3. The van der Waals surface area contributed by atoms with Crippen LogP contribution >= 0.6 is 23.2 Å². The molecule has 2 aromatic carbocycles. The van der Waals surface area contributed by atoms with Crippen LogP contribution in [0.4, 0.5) is 5.69 Å². The number of hydrogen-bond donors (Lipinski definition) is 0. The second kappa shape index (κ2) is 8.58. The SMILES string of the molecule is COc1cccc(-n2nc(C)cc2C(=O)N2CCN(c3ccc(Cl)c(Cl)c3)CC2)c1. The number of halogens is 2. The zero-order valence-corrected chi connectivity index (χ0v) is 18.3. The van der Waals surface area contributed by atoms with Crippen LogP contribution in [-0.2, 0) is 0 Å². The van der Waals surface area contributed by atoms with Crippen molar-refractivity contribution in [2.24, 2.45) is 0 Å². The molecule has 2 heterocycles. The van der Waals surface area contributed by atoms with Crippen LogP contribution in [0.3, 0.4) is 0 Å². The molecule has 30 heavy (non-hydrogen) atoms. The van der Waals surface area contributed by atoms with Crippen molar-refractivity contribution in [1.82, 2.24) is 14.7 Å². The molecule has 0 atom stereocenters. The Morgan fingerprint density at radius 3 is 2.43 bits per heavy atom. The predicted octanol–water partition coefficient (Wildman–Crippen LogP) is 4.46. The highest BCUT2D eigenvalue weighted by Gasteiger charge is 2.26. The first-order chi connectivity index (χ1) is 14.5. The van der Waals surface area contributed by atoms with E-state index < -0.39 is 0 Å². The molecule has 0 bridgehead atoms. The van der Waals surface area contributed by atoms with Crippen LogP contribution in [0.5, 0.6) is 5.75 Å². The zero-order chi connectivity index (χ0) is 21.3. The summed E-state index contributed by atoms with van der Waals surface area (Å²) >= 11 is 12.2. The van der Waals surface area contributed by atoms with E-state index in [1.165, 1.54) is 0 Å². The number of nitrogens with zero attached hydrogens (tertiary/aromatic N) is 4. The Labute approximate surface area is 185 Å². The fraction of sp³-hybridized carbons (Fsp3) is 0.273. The molecule has 156 valence electrons. The van der Waals surface area contributed by atoms with Crippen LogP contribution in [0.1, 0.15) is 16.2 Å². The van der Waals surface area contributed by atoms with Gasteiger partial charge in [-0.15, -0.1) is 0 Å². The number of amides is 1. The van der Waals surface area contributed by atoms with Gasteiger partial charge in [0.25, 0.3) is 5.91 Å². The van der Waals surface area contributed by atoms with Gasteiger partial charge in [-0.3, -0.25) is 4.79 Å². The molecule has 1 aromatic heterocycles. The van der Waals surface area contributed by atoms with Crippen molar-refractivity contribution >= 4 is 34.8 Å². The van der Waals surface area contributed by atoms with E-state index >= 15 is 0 Å². The van der Waals surface area contributed by atoms with Gasteiger partial charge in [0.1, 0.15) is 11.4 Å². The number of piperazine rings is 1. The summed E-state index contributed by atoms with van der Waals surface area (Å²) in [6.07, 6.45) is 0. The molecule has 0 N–H and O–H groups in total. The van der Waals surface area contributed by atoms with Crippen molar-refractivity contribution in [1.29, 1.82) is 0 Å². The Balaban J connectivity index is 1.51. The standard InChI is InChI=1S/C22H22Cl2N4O2/c1-15-12-21(28(25-15)17-4-3-5-18(13-17)30-2)22(29)27-10-8-26(9-11-27)16-6-7-19(23)20(24)14-16/h3-7,12-14H,8-11H2,1-2H3. The fourth-order valence-electron chi connectivity index (χ4n) is 3.60. The Kier molecular flexibility index (Phi) is 5.88. The minimum Gasteiger partial charge on any atom is -0.497 e. The maximum atomic E-state index is 13.3. The highest BCUT2D eigenvalue weighted by molar-refractivity contribution is 6.42. The molecule has 1 amide bonds. The van der Waals surface area contributed by atoms with E-state index in [0.717, 1.165) is 30.2 Å². The van der Waals surface area contributed by atoms with Gasteiger partial charge in [0, 0.05) is 37.9 Å². The lowest BCUT2D eigenvalue weighted by molar-refractivity contribution is 0.0737. The third-order valence-corrected chi connectivity index (χ3v) is 5.92. The van der Waals surface area contributed by atoms with E-state index in [1.807, 2.05) is 54.3 Å². The van der Waals surface area contributed by atoms with Gasteiger partial charge < -0.3 is 14.5 Å². The maximum Gasteiger partial charge on any atom is 0.272 e. The summed E-state index contributed by atoms with van der Waals surface area (Å²) in [4.78, 5) is 17.3. The first-order valence-corrected chi connectivity index (χ1v) is 10.4. The minimum atomic E-state index is -0.0350. The van der Waals surface area contributed by atoms with Gasteiger partial charge in [-0.2, -0.15) is 5.10 Å². The van der Waals surface area contributed by atoms with Crippen molar-refractivity contribution in [2.45, 2.75) is 6.92 Å². The number of anilines is 1. The number of aryl methyl sites for hydroxylation is 1. The lowest BCUT2D eigenvalue weighted by atomic mass is 10.2. The summed E-state index contributed by atoms with van der Waals surface area (Å²) in [6, 6.07) is 15.0. The molecule has 1 saturated heterocycles. The van der Waals surface area contributed by atoms with E-state index in [9.17, 15) is 4.79 Å². The molecular formula is C22H22Cl2N4O2. The van der Waals surface area contributed by atoms with E-state index in [1.54, 1.807) is 17.9 Å². The summed E-state index contributed by atoms with van der Waals surface area (Å²) < 4.78 is 7.00. The van der Waals surface area contributed by atoms with Crippen molar-refractivity contribution in [3.8, 4) is 11.4 Å². The first kappa shape index (κ1) is 20.6. The monoisotopic (exact) mass is 444 g/mol. The first-order valence-electron chi connectivity index (χ1n) is 9.66. The number of benzene rings is 2. The number of methoxy groups -OCH3 is 1. The Bertz CT molecular complexity index is 1070. The molecule has 0 aliphatic carbocycles. The average molecular weight is 445 g/mol. The highest BCUT2D eigenvalue weighted by Crippen LogP contribution is 2.28. The van der Waals surface area contributed by atoms with Crippen molar-refractivity contribution in [3.05, 3.63) is 70.0 Å². The van der Waals surface area contributed by atoms with Crippen LogP contribution in [0.15, 0.2) is 48.5 Å². The van der Waals surface area contributed by atoms with E-state index in [2.05, 4.69) is 10.00 Å². The molecular weight excluding hydrogens is 423 g/mol. The van der Waals surface area contributed by atoms with E-state index in [-0.39, 0.29) is 5.91 Å². The lowest BCUT2D eigenvalue weighted by Crippen LogP contribution is -2.49. The molecule has 4 rings (SSSR count). The Hall–Kier alpha value is -2.70. The third-order valence-electron chi connectivity index (χ3n) is 5.18. The van der Waals surface area contributed by atoms with Gasteiger partial charge in [0.15, 0.2) is 0 Å². The zero-order valence-electron chi connectivity index (χ0n) is 16.8. The minimum absolute atomic E-state index is 0.0350. The predicted molar refractivity (Wildman–Crippen MR) is 119 cm³/mol. The van der Waals surface area contributed by atoms with Crippen LogP contribution in [-0.4, -0.2) is 53.9 Å². The van der Waals surface area contributed by atoms with Crippen LogP contribution in [0, 0.1) is 6.92 Å². The third kappa shape index (κ3) is 4.11. The van der Waals surface area contributed by atoms with Crippen molar-refractivity contribution < 1.29 is 9.53 Å². The van der Waals surface area contributed by atoms with Crippen LogP contribution in [0.2, 0.25) is 10.0 Å². The van der Waals surface area contributed by atoms with Crippen LogP contribution in [0.25, 0.3) is 5.69 Å². The molecule has 0 spiro atoms. The molecule has 0 saturated carbocycles.